The van der Waals surface area contributed by atoms with E-state index in [1.807, 2.05) is 16.7 Å². The zero-order valence-corrected chi connectivity index (χ0v) is 11.6. The lowest BCUT2D eigenvalue weighted by Gasteiger charge is -2.05. The maximum absolute atomic E-state index is 4.49. The van der Waals surface area contributed by atoms with Crippen molar-refractivity contribution in [3.05, 3.63) is 66.9 Å². The Kier molecular flexibility index (Phi) is 2.60. The number of benzene rings is 1. The maximum Gasteiger partial charge on any atom is 0.136 e. The van der Waals surface area contributed by atoms with Crippen molar-refractivity contribution in [3.8, 4) is 22.5 Å². The van der Waals surface area contributed by atoms with Crippen LogP contribution in [0.25, 0.3) is 28.2 Å². The van der Waals surface area contributed by atoms with Crippen LogP contribution < -0.4 is 0 Å². The summed E-state index contributed by atoms with van der Waals surface area (Å²) >= 11 is 0. The fourth-order valence-electron chi connectivity index (χ4n) is 2.59. The normalized spacial score (nSPS) is 11.1. The molecular weight excluding hydrogens is 260 g/mol. The molecule has 0 aliphatic carbocycles. The summed E-state index contributed by atoms with van der Waals surface area (Å²) in [6.45, 7) is 2.09. The first-order chi connectivity index (χ1) is 10.3. The SMILES string of the molecule is Cc1cccc(-c2nc[nH]c2-c2ccc3nccn3c2)c1. The average molecular weight is 274 g/mol. The van der Waals surface area contributed by atoms with Gasteiger partial charge in [0.2, 0.25) is 0 Å². The Morgan fingerprint density at radius 3 is 2.90 bits per heavy atom. The number of rotatable bonds is 2. The first-order valence-electron chi connectivity index (χ1n) is 6.85. The third kappa shape index (κ3) is 2.01. The van der Waals surface area contributed by atoms with Crippen molar-refractivity contribution < 1.29 is 0 Å². The summed E-state index contributed by atoms with van der Waals surface area (Å²) in [5, 5.41) is 0. The van der Waals surface area contributed by atoms with Crippen molar-refractivity contribution in [2.45, 2.75) is 6.92 Å². The molecule has 4 rings (SSSR count). The maximum atomic E-state index is 4.49. The Labute approximate surface area is 122 Å². The van der Waals surface area contributed by atoms with Crippen molar-refractivity contribution in [2.24, 2.45) is 0 Å². The lowest BCUT2D eigenvalue weighted by atomic mass is 10.0. The molecule has 1 N–H and O–H groups in total. The number of hydrogen-bond donors (Lipinski definition) is 1. The van der Waals surface area contributed by atoms with E-state index >= 15 is 0 Å². The molecular formula is C17H14N4. The zero-order chi connectivity index (χ0) is 14.2. The summed E-state index contributed by atoms with van der Waals surface area (Å²) in [4.78, 5) is 12.0. The molecule has 4 nitrogen and oxygen atoms in total. The van der Waals surface area contributed by atoms with Crippen LogP contribution in [0.4, 0.5) is 0 Å². The summed E-state index contributed by atoms with van der Waals surface area (Å²) in [7, 11) is 0. The Morgan fingerprint density at radius 1 is 1.05 bits per heavy atom. The summed E-state index contributed by atoms with van der Waals surface area (Å²) in [6.07, 6.45) is 7.55. The van der Waals surface area contributed by atoms with Crippen molar-refractivity contribution >= 4 is 5.65 Å². The topological polar surface area (TPSA) is 46.0 Å². The molecule has 0 fully saturated rings. The summed E-state index contributed by atoms with van der Waals surface area (Å²) in [6, 6.07) is 12.5. The number of H-pyrrole nitrogens is 1. The smallest absolute Gasteiger partial charge is 0.136 e. The second-order valence-corrected chi connectivity index (χ2v) is 5.11. The largest absolute Gasteiger partial charge is 0.344 e. The lowest BCUT2D eigenvalue weighted by molar-refractivity contribution is 1.18. The molecule has 0 atom stereocenters. The highest BCUT2D eigenvalue weighted by atomic mass is 15.0. The van der Waals surface area contributed by atoms with E-state index in [-0.39, 0.29) is 0 Å². The lowest BCUT2D eigenvalue weighted by Crippen LogP contribution is -1.88. The van der Waals surface area contributed by atoms with Gasteiger partial charge in [0.05, 0.1) is 17.7 Å². The van der Waals surface area contributed by atoms with Gasteiger partial charge in [0.25, 0.3) is 0 Å². The zero-order valence-electron chi connectivity index (χ0n) is 11.6. The fourth-order valence-corrected chi connectivity index (χ4v) is 2.59. The van der Waals surface area contributed by atoms with Crippen LogP contribution in [0.15, 0.2) is 61.3 Å². The van der Waals surface area contributed by atoms with Crippen LogP contribution in [-0.4, -0.2) is 19.4 Å². The van der Waals surface area contributed by atoms with Gasteiger partial charge in [-0.3, -0.25) is 0 Å². The molecule has 0 saturated heterocycles. The van der Waals surface area contributed by atoms with Crippen LogP contribution in [0.5, 0.6) is 0 Å². The fraction of sp³-hybridized carbons (Fsp3) is 0.0588. The van der Waals surface area contributed by atoms with E-state index in [2.05, 4.69) is 58.4 Å². The number of aryl methyl sites for hydroxylation is 1. The van der Waals surface area contributed by atoms with Crippen LogP contribution in [0.1, 0.15) is 5.56 Å². The van der Waals surface area contributed by atoms with E-state index in [0.717, 1.165) is 28.2 Å². The molecule has 3 heterocycles. The molecule has 1 aromatic carbocycles. The Morgan fingerprint density at radius 2 is 2.00 bits per heavy atom. The van der Waals surface area contributed by atoms with Crippen LogP contribution in [0.2, 0.25) is 0 Å². The monoisotopic (exact) mass is 274 g/mol. The van der Waals surface area contributed by atoms with Gasteiger partial charge < -0.3 is 9.38 Å². The second kappa shape index (κ2) is 4.59. The minimum absolute atomic E-state index is 0.940. The van der Waals surface area contributed by atoms with Gasteiger partial charge in [0.1, 0.15) is 5.65 Å². The number of hydrogen-bond acceptors (Lipinski definition) is 2. The number of nitrogens with one attached hydrogen (secondary N) is 1. The summed E-state index contributed by atoms with van der Waals surface area (Å²) in [5.74, 6) is 0. The Balaban J connectivity index is 1.88. The molecule has 0 saturated carbocycles. The Bertz CT molecular complexity index is 917. The van der Waals surface area contributed by atoms with Gasteiger partial charge in [-0.1, -0.05) is 23.8 Å². The predicted octanol–water partition coefficient (Wildman–Crippen LogP) is 3.70. The van der Waals surface area contributed by atoms with Crippen LogP contribution in [-0.2, 0) is 0 Å². The molecule has 21 heavy (non-hydrogen) atoms. The molecule has 0 amide bonds. The molecule has 4 heteroatoms. The first kappa shape index (κ1) is 11.9. The highest BCUT2D eigenvalue weighted by Gasteiger charge is 2.11. The number of nitrogens with zero attached hydrogens (tertiary/aromatic N) is 3. The first-order valence-corrected chi connectivity index (χ1v) is 6.85. The summed E-state index contributed by atoms with van der Waals surface area (Å²) in [5.41, 5.74) is 6.38. The van der Waals surface area contributed by atoms with E-state index < -0.39 is 0 Å². The third-order valence-electron chi connectivity index (χ3n) is 3.61. The van der Waals surface area contributed by atoms with Gasteiger partial charge in [-0.15, -0.1) is 0 Å². The molecule has 0 spiro atoms. The summed E-state index contributed by atoms with van der Waals surface area (Å²) < 4.78 is 2.01. The molecule has 0 radical (unpaired) electrons. The van der Waals surface area contributed by atoms with Crippen LogP contribution in [0.3, 0.4) is 0 Å². The highest BCUT2D eigenvalue weighted by molar-refractivity contribution is 5.78. The van der Waals surface area contributed by atoms with Gasteiger partial charge in [-0.25, -0.2) is 9.97 Å². The predicted molar refractivity (Wildman–Crippen MR) is 82.9 cm³/mol. The van der Waals surface area contributed by atoms with Gasteiger partial charge in [0.15, 0.2) is 0 Å². The van der Waals surface area contributed by atoms with Crippen molar-refractivity contribution in [1.29, 1.82) is 0 Å². The number of pyridine rings is 1. The molecule has 0 aliphatic heterocycles. The molecule has 102 valence electrons. The number of aromatic amines is 1. The third-order valence-corrected chi connectivity index (χ3v) is 3.61. The number of fused-ring (bicyclic) bond motifs is 1. The van der Waals surface area contributed by atoms with Crippen LogP contribution in [0, 0.1) is 6.92 Å². The van der Waals surface area contributed by atoms with E-state index in [9.17, 15) is 0 Å². The van der Waals surface area contributed by atoms with Gasteiger partial charge in [-0.2, -0.15) is 0 Å². The minimum Gasteiger partial charge on any atom is -0.344 e. The quantitative estimate of drug-likeness (QED) is 0.606. The Hall–Kier alpha value is -2.88. The van der Waals surface area contributed by atoms with E-state index in [0.29, 0.717) is 0 Å². The van der Waals surface area contributed by atoms with Crippen molar-refractivity contribution in [3.63, 3.8) is 0 Å². The van der Waals surface area contributed by atoms with Crippen molar-refractivity contribution in [2.75, 3.05) is 0 Å². The standard InChI is InChI=1S/C17H14N4/c1-12-3-2-4-13(9-12)16-17(20-11-19-16)14-5-6-15-18-7-8-21(15)10-14/h2-11H,1H3,(H,19,20). The molecule has 0 bridgehead atoms. The van der Waals surface area contributed by atoms with Gasteiger partial charge >= 0.3 is 0 Å². The average Bonchev–Trinajstić information content (AvgIpc) is 3.15. The molecule has 0 unspecified atom stereocenters. The van der Waals surface area contributed by atoms with E-state index in [1.54, 1.807) is 12.5 Å². The number of imidazole rings is 2. The van der Waals surface area contributed by atoms with E-state index in [1.165, 1.54) is 5.56 Å². The van der Waals surface area contributed by atoms with E-state index in [4.69, 9.17) is 0 Å². The van der Waals surface area contributed by atoms with Crippen LogP contribution >= 0.6 is 0 Å². The minimum atomic E-state index is 0.940. The van der Waals surface area contributed by atoms with Gasteiger partial charge in [-0.05, 0) is 25.1 Å². The number of aromatic nitrogens is 4. The molecule has 0 aliphatic rings. The molecule has 3 aromatic heterocycles. The van der Waals surface area contributed by atoms with Gasteiger partial charge in [0, 0.05) is 29.7 Å². The molecule has 4 aromatic rings. The highest BCUT2D eigenvalue weighted by Crippen LogP contribution is 2.29. The second-order valence-electron chi connectivity index (χ2n) is 5.11. The van der Waals surface area contributed by atoms with Crippen molar-refractivity contribution in [1.82, 2.24) is 19.4 Å².